The average molecular weight is 501 g/mol. The minimum atomic E-state index is -0.781. The minimum Gasteiger partial charge on any atom is -0.493 e. The Labute approximate surface area is 195 Å². The molecule has 1 aliphatic heterocycles. The number of benzene rings is 2. The Balaban J connectivity index is 2.04. The second kappa shape index (κ2) is 9.56. The maximum absolute atomic E-state index is 13.2. The second-order valence-corrected chi connectivity index (χ2v) is 8.52. The van der Waals surface area contributed by atoms with E-state index in [0.717, 1.165) is 22.4 Å². The number of carbonyl (C=O) groups excluding carboxylic acids is 3. The van der Waals surface area contributed by atoms with Crippen molar-refractivity contribution in [3.8, 4) is 11.5 Å². The molecule has 8 heteroatoms. The van der Waals surface area contributed by atoms with E-state index in [1.54, 1.807) is 24.3 Å². The van der Waals surface area contributed by atoms with Gasteiger partial charge in [-0.15, -0.1) is 0 Å². The fourth-order valence-electron chi connectivity index (χ4n) is 3.34. The summed E-state index contributed by atoms with van der Waals surface area (Å²) in [7, 11) is 1.52. The van der Waals surface area contributed by atoms with Crippen LogP contribution in [0.5, 0.6) is 11.5 Å². The molecule has 1 aliphatic rings. The first kappa shape index (κ1) is 23.5. The molecule has 0 spiro atoms. The van der Waals surface area contributed by atoms with Gasteiger partial charge in [0.25, 0.3) is 11.8 Å². The number of amides is 4. The van der Waals surface area contributed by atoms with Gasteiger partial charge in [0.05, 0.1) is 18.9 Å². The molecule has 0 aliphatic carbocycles. The van der Waals surface area contributed by atoms with Crippen molar-refractivity contribution in [1.29, 1.82) is 0 Å². The van der Waals surface area contributed by atoms with Crippen LogP contribution >= 0.6 is 15.9 Å². The molecule has 0 unspecified atom stereocenters. The van der Waals surface area contributed by atoms with Crippen LogP contribution in [-0.4, -0.2) is 31.1 Å². The summed E-state index contributed by atoms with van der Waals surface area (Å²) in [6.45, 7) is 7.71. The normalized spacial score (nSPS) is 16.2. The molecule has 2 aromatic carbocycles. The average Bonchev–Trinajstić information content (AvgIpc) is 2.71. The maximum Gasteiger partial charge on any atom is 0.335 e. The number of urea groups is 1. The van der Waals surface area contributed by atoms with Crippen molar-refractivity contribution in [2.75, 3.05) is 12.0 Å². The molecule has 0 radical (unpaired) electrons. The van der Waals surface area contributed by atoms with Crippen molar-refractivity contribution in [2.45, 2.75) is 40.2 Å². The molecule has 0 bridgehead atoms. The predicted octanol–water partition coefficient (Wildman–Crippen LogP) is 4.92. The summed E-state index contributed by atoms with van der Waals surface area (Å²) in [5.74, 6) is -0.449. The number of imide groups is 2. The fraction of sp³-hybridized carbons (Fsp3) is 0.292. The van der Waals surface area contributed by atoms with Gasteiger partial charge < -0.3 is 9.47 Å². The number of hydrogen-bond donors (Lipinski definition) is 1. The molecule has 1 atom stereocenters. The van der Waals surface area contributed by atoms with Crippen molar-refractivity contribution >= 4 is 45.5 Å². The molecular formula is C24H25BrN2O5. The van der Waals surface area contributed by atoms with Gasteiger partial charge in [-0.05, 0) is 74.2 Å². The third-order valence-corrected chi connectivity index (χ3v) is 5.74. The number of ether oxygens (including phenoxy) is 2. The highest BCUT2D eigenvalue weighted by molar-refractivity contribution is 9.10. The second-order valence-electron chi connectivity index (χ2n) is 7.67. The van der Waals surface area contributed by atoms with E-state index in [0.29, 0.717) is 27.2 Å². The van der Waals surface area contributed by atoms with Crippen LogP contribution in [0.3, 0.4) is 0 Å². The Hall–Kier alpha value is -3.13. The summed E-state index contributed by atoms with van der Waals surface area (Å²) in [5, 5.41) is 2.25. The van der Waals surface area contributed by atoms with Crippen LogP contribution in [-0.2, 0) is 9.59 Å². The molecule has 4 amide bonds. The van der Waals surface area contributed by atoms with E-state index in [-0.39, 0.29) is 11.7 Å². The summed E-state index contributed by atoms with van der Waals surface area (Å²) in [6, 6.07) is 8.00. The Bertz CT molecular complexity index is 1110. The van der Waals surface area contributed by atoms with Crippen LogP contribution in [0.15, 0.2) is 40.4 Å². The van der Waals surface area contributed by atoms with E-state index in [2.05, 4.69) is 21.2 Å². The van der Waals surface area contributed by atoms with E-state index in [9.17, 15) is 14.4 Å². The van der Waals surface area contributed by atoms with Crippen LogP contribution in [0, 0.1) is 13.8 Å². The van der Waals surface area contributed by atoms with Gasteiger partial charge in [-0.2, -0.15) is 0 Å². The van der Waals surface area contributed by atoms with Crippen LogP contribution in [0.25, 0.3) is 6.08 Å². The Morgan fingerprint density at radius 1 is 1.06 bits per heavy atom. The number of nitrogens with zero attached hydrogens (tertiary/aromatic N) is 1. The molecule has 1 fully saturated rings. The molecule has 0 saturated carbocycles. The Morgan fingerprint density at radius 3 is 2.31 bits per heavy atom. The van der Waals surface area contributed by atoms with Crippen LogP contribution in [0.2, 0.25) is 0 Å². The molecule has 3 rings (SSSR count). The summed E-state index contributed by atoms with van der Waals surface area (Å²) in [5.41, 5.74) is 2.56. The zero-order chi connectivity index (χ0) is 23.6. The number of carbonyl (C=O) groups is 3. The quantitative estimate of drug-likeness (QED) is 0.449. The first-order chi connectivity index (χ1) is 15.1. The highest BCUT2D eigenvalue weighted by Gasteiger charge is 2.37. The number of aryl methyl sites for hydroxylation is 2. The van der Waals surface area contributed by atoms with Crippen LogP contribution in [0.1, 0.15) is 37.0 Å². The topological polar surface area (TPSA) is 84.9 Å². The van der Waals surface area contributed by atoms with Gasteiger partial charge in [0.15, 0.2) is 11.5 Å². The number of anilines is 1. The summed E-state index contributed by atoms with van der Waals surface area (Å²) < 4.78 is 11.9. The van der Waals surface area contributed by atoms with E-state index >= 15 is 0 Å². The van der Waals surface area contributed by atoms with Gasteiger partial charge in [-0.25, -0.2) is 9.69 Å². The summed E-state index contributed by atoms with van der Waals surface area (Å²) in [4.78, 5) is 39.2. The van der Waals surface area contributed by atoms with Crippen molar-refractivity contribution < 1.29 is 23.9 Å². The lowest BCUT2D eigenvalue weighted by Crippen LogP contribution is -2.54. The number of rotatable bonds is 6. The van der Waals surface area contributed by atoms with E-state index in [1.807, 2.05) is 33.8 Å². The van der Waals surface area contributed by atoms with Gasteiger partial charge in [0.2, 0.25) is 0 Å². The minimum absolute atomic E-state index is 0.0111. The lowest BCUT2D eigenvalue weighted by atomic mass is 10.0. The number of barbiturate groups is 1. The maximum atomic E-state index is 13.2. The molecule has 32 heavy (non-hydrogen) atoms. The number of nitrogens with one attached hydrogen (secondary N) is 1. The lowest BCUT2D eigenvalue weighted by Gasteiger charge is -2.27. The Morgan fingerprint density at radius 2 is 1.72 bits per heavy atom. The molecule has 168 valence electrons. The highest BCUT2D eigenvalue weighted by Crippen LogP contribution is 2.36. The third kappa shape index (κ3) is 4.85. The van der Waals surface area contributed by atoms with Crippen LogP contribution in [0.4, 0.5) is 10.5 Å². The van der Waals surface area contributed by atoms with E-state index < -0.39 is 17.8 Å². The standard InChI is InChI=1S/C24H25BrN2O5/c1-6-15(4)32-21-12-19(25)16(11-20(21)31-5)10-18-22(28)26-24(30)27(23(18)29)17-8-13(2)7-14(3)9-17/h7-12,15H,6H2,1-5H3,(H,26,28,30)/b18-10+/t15-/m0/s1. The summed E-state index contributed by atoms with van der Waals surface area (Å²) >= 11 is 3.48. The van der Waals surface area contributed by atoms with Crippen LogP contribution < -0.4 is 19.7 Å². The first-order valence-electron chi connectivity index (χ1n) is 10.2. The van der Waals surface area contributed by atoms with Gasteiger partial charge in [0, 0.05) is 4.47 Å². The smallest absolute Gasteiger partial charge is 0.335 e. The van der Waals surface area contributed by atoms with Gasteiger partial charge in [0.1, 0.15) is 5.57 Å². The van der Waals surface area contributed by atoms with Crippen molar-refractivity contribution in [2.24, 2.45) is 0 Å². The SMILES string of the molecule is CC[C@H](C)Oc1cc(Br)c(/C=C2\C(=O)NC(=O)N(c3cc(C)cc(C)c3)C2=O)cc1OC. The number of hydrogen-bond acceptors (Lipinski definition) is 5. The fourth-order valence-corrected chi connectivity index (χ4v) is 3.78. The molecular weight excluding hydrogens is 476 g/mol. The molecule has 7 nitrogen and oxygen atoms in total. The molecule has 1 saturated heterocycles. The zero-order valence-corrected chi connectivity index (χ0v) is 20.2. The van der Waals surface area contributed by atoms with Crippen molar-refractivity contribution in [1.82, 2.24) is 5.32 Å². The monoisotopic (exact) mass is 500 g/mol. The predicted molar refractivity (Wildman–Crippen MR) is 126 cm³/mol. The van der Waals surface area contributed by atoms with Gasteiger partial charge >= 0.3 is 6.03 Å². The van der Waals surface area contributed by atoms with Crippen molar-refractivity contribution in [3.63, 3.8) is 0 Å². The molecule has 1 N–H and O–H groups in total. The lowest BCUT2D eigenvalue weighted by molar-refractivity contribution is -0.122. The van der Waals surface area contributed by atoms with Gasteiger partial charge in [-0.1, -0.05) is 28.9 Å². The van der Waals surface area contributed by atoms with Gasteiger partial charge in [-0.3, -0.25) is 14.9 Å². The number of halogens is 1. The number of methoxy groups -OCH3 is 1. The first-order valence-corrected chi connectivity index (χ1v) is 11.0. The highest BCUT2D eigenvalue weighted by atomic mass is 79.9. The largest absolute Gasteiger partial charge is 0.493 e. The molecule has 2 aromatic rings. The van der Waals surface area contributed by atoms with E-state index in [1.165, 1.54) is 13.2 Å². The third-order valence-electron chi connectivity index (χ3n) is 5.05. The van der Waals surface area contributed by atoms with E-state index in [4.69, 9.17) is 9.47 Å². The zero-order valence-electron chi connectivity index (χ0n) is 18.6. The molecule has 0 aromatic heterocycles. The molecule has 1 heterocycles. The summed E-state index contributed by atoms with van der Waals surface area (Å²) in [6.07, 6.45) is 2.24. The van der Waals surface area contributed by atoms with Crippen molar-refractivity contribution in [3.05, 3.63) is 57.1 Å². The Kier molecular flexibility index (Phi) is 7.03.